The normalized spacial score (nSPS) is 15.0. The van der Waals surface area contributed by atoms with Gasteiger partial charge >= 0.3 is 0 Å². The Labute approximate surface area is 162 Å². The maximum Gasteiger partial charge on any atom is 0.253 e. The average molecular weight is 381 g/mol. The highest BCUT2D eigenvalue weighted by molar-refractivity contribution is 6.07. The third-order valence-corrected chi connectivity index (χ3v) is 4.86. The summed E-state index contributed by atoms with van der Waals surface area (Å²) in [6, 6.07) is 7.31. The maximum absolute atomic E-state index is 12.9. The summed E-state index contributed by atoms with van der Waals surface area (Å²) in [4.78, 5) is 19.3. The van der Waals surface area contributed by atoms with Gasteiger partial charge in [-0.1, -0.05) is 12.1 Å². The molecule has 1 aliphatic heterocycles. The van der Waals surface area contributed by atoms with Gasteiger partial charge in [-0.25, -0.2) is 9.50 Å². The van der Waals surface area contributed by atoms with Crippen LogP contribution in [0, 0.1) is 0 Å². The van der Waals surface area contributed by atoms with Crippen molar-refractivity contribution in [3.63, 3.8) is 0 Å². The number of fused-ring (bicyclic) bond motifs is 1. The molecule has 4 rings (SSSR count). The van der Waals surface area contributed by atoms with Crippen molar-refractivity contribution in [2.75, 3.05) is 50.9 Å². The second-order valence-corrected chi connectivity index (χ2v) is 6.69. The monoisotopic (exact) mass is 381 g/mol. The summed E-state index contributed by atoms with van der Waals surface area (Å²) in [5.41, 5.74) is 15.2. The van der Waals surface area contributed by atoms with Crippen LogP contribution in [0.4, 0.5) is 11.5 Å². The van der Waals surface area contributed by atoms with Crippen molar-refractivity contribution < 1.29 is 9.53 Å². The molecule has 28 heavy (non-hydrogen) atoms. The Balaban J connectivity index is 1.62. The predicted molar refractivity (Wildman–Crippen MR) is 107 cm³/mol. The lowest BCUT2D eigenvalue weighted by Gasteiger charge is -2.26. The summed E-state index contributed by atoms with van der Waals surface area (Å²) < 4.78 is 6.94. The van der Waals surface area contributed by atoms with Crippen LogP contribution in [-0.2, 0) is 4.74 Å². The van der Waals surface area contributed by atoms with E-state index < -0.39 is 0 Å². The zero-order valence-electron chi connectivity index (χ0n) is 15.5. The number of rotatable bonds is 5. The fraction of sp³-hybridized carbons (Fsp3) is 0.316. The van der Waals surface area contributed by atoms with Gasteiger partial charge in [0, 0.05) is 43.6 Å². The minimum absolute atomic E-state index is 0.176. The van der Waals surface area contributed by atoms with E-state index in [9.17, 15) is 4.79 Å². The number of nitrogens with zero attached hydrogens (tertiary/aromatic N) is 4. The number of benzene rings is 1. The number of nitrogen functional groups attached to an aromatic ring is 2. The number of hydrogen-bond acceptors (Lipinski definition) is 7. The molecule has 2 aromatic heterocycles. The van der Waals surface area contributed by atoms with E-state index in [-0.39, 0.29) is 5.91 Å². The van der Waals surface area contributed by atoms with Crippen molar-refractivity contribution in [3.8, 4) is 11.1 Å². The predicted octanol–water partition coefficient (Wildman–Crippen LogP) is 0.623. The molecule has 9 heteroatoms. The minimum Gasteiger partial charge on any atom is -0.399 e. The first kappa shape index (κ1) is 18.2. The molecule has 1 aliphatic rings. The van der Waals surface area contributed by atoms with Crippen LogP contribution in [0.5, 0.6) is 0 Å². The van der Waals surface area contributed by atoms with Crippen LogP contribution < -0.4 is 16.8 Å². The molecular weight excluding hydrogens is 358 g/mol. The molecule has 3 aromatic rings. The summed E-state index contributed by atoms with van der Waals surface area (Å²) >= 11 is 0. The van der Waals surface area contributed by atoms with E-state index in [0.717, 1.165) is 38.4 Å². The Morgan fingerprint density at radius 2 is 1.93 bits per heavy atom. The minimum atomic E-state index is -0.176. The van der Waals surface area contributed by atoms with Crippen LogP contribution in [-0.4, -0.2) is 64.8 Å². The van der Waals surface area contributed by atoms with Crippen LogP contribution in [0.3, 0.4) is 0 Å². The van der Waals surface area contributed by atoms with E-state index in [2.05, 4.69) is 20.3 Å². The summed E-state index contributed by atoms with van der Waals surface area (Å²) in [6.07, 6.45) is 3.05. The van der Waals surface area contributed by atoms with Crippen LogP contribution in [0.15, 0.2) is 36.8 Å². The molecule has 0 spiro atoms. The molecule has 1 saturated heterocycles. The maximum atomic E-state index is 12.9. The van der Waals surface area contributed by atoms with E-state index in [4.69, 9.17) is 16.2 Å². The lowest BCUT2D eigenvalue weighted by Crippen LogP contribution is -2.41. The number of carbonyl (C=O) groups excluding carboxylic acids is 1. The number of ether oxygens (including phenoxy) is 1. The third kappa shape index (κ3) is 3.62. The number of nitrogens with two attached hydrogens (primary N) is 2. The van der Waals surface area contributed by atoms with Crippen LogP contribution in [0.1, 0.15) is 10.4 Å². The lowest BCUT2D eigenvalue weighted by atomic mass is 10.0. The van der Waals surface area contributed by atoms with Crippen LogP contribution >= 0.6 is 0 Å². The fourth-order valence-electron chi connectivity index (χ4n) is 3.40. The number of carbonyl (C=O) groups is 1. The van der Waals surface area contributed by atoms with Crippen molar-refractivity contribution in [1.82, 2.24) is 24.8 Å². The standard InChI is InChI=1S/C19H23N7O2/c20-14-3-1-13(2-4-14)16-15(11-26-17(16)18(21)23-12-24-26)19(27)22-5-6-25-7-9-28-10-8-25/h1-4,11-12H,5-10,20H2,(H,22,27)(H2,21,23,24). The average Bonchev–Trinajstić information content (AvgIpc) is 3.10. The zero-order valence-corrected chi connectivity index (χ0v) is 15.5. The Morgan fingerprint density at radius 3 is 2.68 bits per heavy atom. The lowest BCUT2D eigenvalue weighted by molar-refractivity contribution is 0.0383. The van der Waals surface area contributed by atoms with Gasteiger partial charge in [0.15, 0.2) is 5.82 Å². The molecule has 0 aliphatic carbocycles. The van der Waals surface area contributed by atoms with E-state index in [1.165, 1.54) is 6.33 Å². The molecule has 3 heterocycles. The molecule has 146 valence electrons. The topological polar surface area (TPSA) is 124 Å². The molecule has 0 bridgehead atoms. The van der Waals surface area contributed by atoms with Gasteiger partial charge in [-0.3, -0.25) is 9.69 Å². The summed E-state index contributed by atoms with van der Waals surface area (Å²) in [7, 11) is 0. The molecule has 9 nitrogen and oxygen atoms in total. The Hall–Kier alpha value is -3.17. The molecule has 5 N–H and O–H groups in total. The van der Waals surface area contributed by atoms with Crippen LogP contribution in [0.2, 0.25) is 0 Å². The first-order valence-corrected chi connectivity index (χ1v) is 9.19. The van der Waals surface area contributed by atoms with Gasteiger partial charge in [0.1, 0.15) is 11.8 Å². The highest BCUT2D eigenvalue weighted by Gasteiger charge is 2.21. The molecule has 0 radical (unpaired) electrons. The number of amides is 1. The quantitative estimate of drug-likeness (QED) is 0.554. The van der Waals surface area contributed by atoms with E-state index in [0.29, 0.717) is 34.7 Å². The number of nitrogens with one attached hydrogen (secondary N) is 1. The van der Waals surface area contributed by atoms with Gasteiger partial charge in [-0.2, -0.15) is 5.10 Å². The fourth-order valence-corrected chi connectivity index (χ4v) is 3.40. The van der Waals surface area contributed by atoms with E-state index in [1.807, 2.05) is 12.1 Å². The molecule has 1 fully saturated rings. The summed E-state index contributed by atoms with van der Waals surface area (Å²) in [5.74, 6) is 0.138. The second kappa shape index (κ2) is 7.83. The number of aromatic nitrogens is 3. The van der Waals surface area contributed by atoms with Gasteiger partial charge < -0.3 is 21.5 Å². The Kier molecular flexibility index (Phi) is 5.09. The SMILES string of the molecule is Nc1ccc(-c2c(C(=O)NCCN3CCOCC3)cn3ncnc(N)c23)cc1. The molecule has 0 unspecified atom stereocenters. The summed E-state index contributed by atoms with van der Waals surface area (Å²) in [5, 5.41) is 7.20. The third-order valence-electron chi connectivity index (χ3n) is 4.86. The molecular formula is C19H23N7O2. The molecule has 0 saturated carbocycles. The van der Waals surface area contributed by atoms with Gasteiger partial charge in [0.2, 0.25) is 0 Å². The highest BCUT2D eigenvalue weighted by atomic mass is 16.5. The van der Waals surface area contributed by atoms with Crippen molar-refractivity contribution in [2.45, 2.75) is 0 Å². The smallest absolute Gasteiger partial charge is 0.253 e. The Bertz CT molecular complexity index is 978. The first-order valence-electron chi connectivity index (χ1n) is 9.19. The number of anilines is 2. The van der Waals surface area contributed by atoms with Crippen molar-refractivity contribution in [3.05, 3.63) is 42.4 Å². The number of morpholine rings is 1. The molecule has 0 atom stereocenters. The first-order chi connectivity index (χ1) is 13.6. The van der Waals surface area contributed by atoms with Gasteiger partial charge in [0.05, 0.1) is 18.8 Å². The van der Waals surface area contributed by atoms with Crippen LogP contribution in [0.25, 0.3) is 16.6 Å². The largest absolute Gasteiger partial charge is 0.399 e. The molecule has 1 aromatic carbocycles. The Morgan fingerprint density at radius 1 is 1.18 bits per heavy atom. The van der Waals surface area contributed by atoms with Gasteiger partial charge in [-0.15, -0.1) is 0 Å². The number of hydrogen-bond donors (Lipinski definition) is 3. The molecule has 1 amide bonds. The van der Waals surface area contributed by atoms with Crippen molar-refractivity contribution in [2.24, 2.45) is 0 Å². The second-order valence-electron chi connectivity index (χ2n) is 6.69. The van der Waals surface area contributed by atoms with Gasteiger partial charge in [-0.05, 0) is 17.7 Å². The van der Waals surface area contributed by atoms with Crippen molar-refractivity contribution >= 4 is 22.9 Å². The van der Waals surface area contributed by atoms with Crippen molar-refractivity contribution in [1.29, 1.82) is 0 Å². The zero-order chi connectivity index (χ0) is 19.5. The highest BCUT2D eigenvalue weighted by Crippen LogP contribution is 2.32. The van der Waals surface area contributed by atoms with Gasteiger partial charge in [0.25, 0.3) is 5.91 Å². The van der Waals surface area contributed by atoms with E-state index >= 15 is 0 Å². The summed E-state index contributed by atoms with van der Waals surface area (Å²) in [6.45, 7) is 4.56. The van der Waals surface area contributed by atoms with E-state index in [1.54, 1.807) is 22.8 Å².